The van der Waals surface area contributed by atoms with Gasteiger partial charge in [0, 0.05) is 19.2 Å². The highest BCUT2D eigenvalue weighted by atomic mass is 15.1. The molecule has 2 aromatic heterocycles. The van der Waals surface area contributed by atoms with Crippen molar-refractivity contribution in [1.82, 2.24) is 14.5 Å². The summed E-state index contributed by atoms with van der Waals surface area (Å²) in [7, 11) is 0. The fourth-order valence-electron chi connectivity index (χ4n) is 1.73. The monoisotopic (exact) mass is 189 g/mol. The minimum atomic E-state index is 0.969. The molecule has 0 amide bonds. The highest BCUT2D eigenvalue weighted by molar-refractivity contribution is 5.71. The Hall–Kier alpha value is -1.38. The molecule has 0 saturated carbocycles. The molecule has 0 fully saturated rings. The van der Waals surface area contributed by atoms with Crippen LogP contribution < -0.4 is 0 Å². The second kappa shape index (κ2) is 3.78. The molecule has 0 radical (unpaired) electrons. The molecule has 74 valence electrons. The number of hydrogen-bond acceptors (Lipinski definition) is 2. The number of imidazole rings is 1. The van der Waals surface area contributed by atoms with Gasteiger partial charge in [0.1, 0.15) is 11.3 Å². The Balaban J connectivity index is 2.61. The zero-order valence-electron chi connectivity index (χ0n) is 8.70. The molecule has 0 aromatic carbocycles. The highest BCUT2D eigenvalue weighted by Gasteiger charge is 2.08. The van der Waals surface area contributed by atoms with E-state index in [1.165, 1.54) is 0 Å². The van der Waals surface area contributed by atoms with Gasteiger partial charge >= 0.3 is 0 Å². The van der Waals surface area contributed by atoms with E-state index in [0.717, 1.165) is 36.4 Å². The third kappa shape index (κ3) is 1.39. The normalized spacial score (nSPS) is 11.0. The molecule has 2 heterocycles. The first-order valence-electron chi connectivity index (χ1n) is 5.17. The van der Waals surface area contributed by atoms with Gasteiger partial charge in [0.15, 0.2) is 5.65 Å². The average molecular weight is 189 g/mol. The van der Waals surface area contributed by atoms with Crippen LogP contribution in [-0.4, -0.2) is 14.5 Å². The first-order valence-corrected chi connectivity index (χ1v) is 5.17. The van der Waals surface area contributed by atoms with E-state index in [9.17, 15) is 0 Å². The Morgan fingerprint density at radius 2 is 2.21 bits per heavy atom. The predicted octanol–water partition coefficient (Wildman–Crippen LogP) is 2.40. The maximum absolute atomic E-state index is 4.55. The molecule has 0 spiro atoms. The van der Waals surface area contributed by atoms with E-state index in [-0.39, 0.29) is 0 Å². The molecule has 0 N–H and O–H groups in total. The van der Waals surface area contributed by atoms with Gasteiger partial charge < -0.3 is 4.57 Å². The van der Waals surface area contributed by atoms with Crippen molar-refractivity contribution in [3.63, 3.8) is 0 Å². The Kier molecular flexibility index (Phi) is 2.48. The molecule has 0 aliphatic rings. The molecule has 0 unspecified atom stereocenters. The molecular weight excluding hydrogens is 174 g/mol. The number of pyridine rings is 1. The van der Waals surface area contributed by atoms with Gasteiger partial charge in [0.2, 0.25) is 0 Å². The van der Waals surface area contributed by atoms with Crippen molar-refractivity contribution in [2.24, 2.45) is 0 Å². The Bertz CT molecular complexity index is 431. The molecule has 0 aliphatic heterocycles. The zero-order chi connectivity index (χ0) is 9.97. The van der Waals surface area contributed by atoms with Crippen LogP contribution in [0, 0.1) is 0 Å². The van der Waals surface area contributed by atoms with Crippen LogP contribution in [0.25, 0.3) is 11.2 Å². The summed E-state index contributed by atoms with van der Waals surface area (Å²) in [5.74, 6) is 1.14. The van der Waals surface area contributed by atoms with Crippen LogP contribution in [0.4, 0.5) is 0 Å². The lowest BCUT2D eigenvalue weighted by Crippen LogP contribution is -2.02. The lowest BCUT2D eigenvalue weighted by Gasteiger charge is -2.04. The molecule has 0 atom stereocenters. The van der Waals surface area contributed by atoms with Crippen molar-refractivity contribution < 1.29 is 0 Å². The molecular formula is C11H15N3. The van der Waals surface area contributed by atoms with Crippen molar-refractivity contribution in [3.05, 3.63) is 24.2 Å². The fraction of sp³-hybridized carbons (Fsp3) is 0.455. The Morgan fingerprint density at radius 3 is 2.93 bits per heavy atom. The van der Waals surface area contributed by atoms with Gasteiger partial charge in [0.05, 0.1) is 0 Å². The van der Waals surface area contributed by atoms with Gasteiger partial charge in [-0.25, -0.2) is 9.97 Å². The molecule has 2 aromatic rings. The molecule has 14 heavy (non-hydrogen) atoms. The molecule has 0 aliphatic carbocycles. The molecule has 3 heteroatoms. The first-order chi connectivity index (χ1) is 6.86. The lowest BCUT2D eigenvalue weighted by atomic mass is 10.4. The van der Waals surface area contributed by atoms with E-state index in [2.05, 4.69) is 28.4 Å². The minimum Gasteiger partial charge on any atom is -0.313 e. The smallest absolute Gasteiger partial charge is 0.159 e. The summed E-state index contributed by atoms with van der Waals surface area (Å²) < 4.78 is 2.22. The van der Waals surface area contributed by atoms with E-state index in [0.29, 0.717) is 0 Å². The fourth-order valence-corrected chi connectivity index (χ4v) is 1.73. The van der Waals surface area contributed by atoms with Crippen molar-refractivity contribution in [3.8, 4) is 0 Å². The van der Waals surface area contributed by atoms with Crippen LogP contribution in [0.15, 0.2) is 18.3 Å². The Labute approximate surface area is 83.8 Å². The number of hydrogen-bond donors (Lipinski definition) is 0. The molecule has 0 saturated heterocycles. The third-order valence-corrected chi connectivity index (χ3v) is 2.35. The van der Waals surface area contributed by atoms with Gasteiger partial charge in [-0.1, -0.05) is 13.8 Å². The first kappa shape index (κ1) is 9.19. The summed E-state index contributed by atoms with van der Waals surface area (Å²) in [6, 6.07) is 3.96. The van der Waals surface area contributed by atoms with Crippen molar-refractivity contribution in [1.29, 1.82) is 0 Å². The summed E-state index contributed by atoms with van der Waals surface area (Å²) >= 11 is 0. The van der Waals surface area contributed by atoms with Crippen molar-refractivity contribution in [2.45, 2.75) is 33.2 Å². The Morgan fingerprint density at radius 1 is 1.36 bits per heavy atom. The van der Waals surface area contributed by atoms with E-state index < -0.39 is 0 Å². The molecule has 3 nitrogen and oxygen atoms in total. The second-order valence-corrected chi connectivity index (χ2v) is 3.38. The zero-order valence-corrected chi connectivity index (χ0v) is 8.70. The average Bonchev–Trinajstić information content (AvgIpc) is 2.58. The lowest BCUT2D eigenvalue weighted by molar-refractivity contribution is 0.655. The summed E-state index contributed by atoms with van der Waals surface area (Å²) in [5.41, 5.74) is 2.03. The number of aryl methyl sites for hydroxylation is 2. The number of aromatic nitrogens is 3. The maximum atomic E-state index is 4.55. The van der Waals surface area contributed by atoms with Crippen molar-refractivity contribution >= 4 is 11.2 Å². The third-order valence-electron chi connectivity index (χ3n) is 2.35. The second-order valence-electron chi connectivity index (χ2n) is 3.38. The summed E-state index contributed by atoms with van der Waals surface area (Å²) in [5, 5.41) is 0. The summed E-state index contributed by atoms with van der Waals surface area (Å²) in [6.07, 6.45) is 3.92. The van der Waals surface area contributed by atoms with Gasteiger partial charge in [-0.2, -0.15) is 0 Å². The minimum absolute atomic E-state index is 0.969. The largest absolute Gasteiger partial charge is 0.313 e. The van der Waals surface area contributed by atoms with Crippen molar-refractivity contribution in [2.75, 3.05) is 0 Å². The maximum Gasteiger partial charge on any atom is 0.159 e. The summed E-state index contributed by atoms with van der Waals surface area (Å²) in [4.78, 5) is 8.92. The summed E-state index contributed by atoms with van der Waals surface area (Å²) in [6.45, 7) is 5.32. The van der Waals surface area contributed by atoms with E-state index in [1.54, 1.807) is 0 Å². The van der Waals surface area contributed by atoms with E-state index >= 15 is 0 Å². The van der Waals surface area contributed by atoms with Crippen LogP contribution in [0.2, 0.25) is 0 Å². The van der Waals surface area contributed by atoms with Gasteiger partial charge in [0.25, 0.3) is 0 Å². The van der Waals surface area contributed by atoms with Crippen LogP contribution in [0.1, 0.15) is 26.1 Å². The quantitative estimate of drug-likeness (QED) is 0.742. The van der Waals surface area contributed by atoms with Crippen LogP contribution in [0.3, 0.4) is 0 Å². The van der Waals surface area contributed by atoms with E-state index in [4.69, 9.17) is 0 Å². The predicted molar refractivity (Wildman–Crippen MR) is 57.2 cm³/mol. The topological polar surface area (TPSA) is 30.7 Å². The van der Waals surface area contributed by atoms with Crippen LogP contribution >= 0.6 is 0 Å². The van der Waals surface area contributed by atoms with Gasteiger partial charge in [-0.3, -0.25) is 0 Å². The number of fused-ring (bicyclic) bond motifs is 1. The number of rotatable bonds is 3. The van der Waals surface area contributed by atoms with Crippen LogP contribution in [0.5, 0.6) is 0 Å². The highest BCUT2D eigenvalue weighted by Crippen LogP contribution is 2.14. The SMILES string of the molecule is CCCn1c(CC)nc2cccnc21. The molecule has 2 rings (SSSR count). The molecule has 0 bridgehead atoms. The number of nitrogens with zero attached hydrogens (tertiary/aromatic N) is 3. The van der Waals surface area contributed by atoms with Gasteiger partial charge in [-0.05, 0) is 18.6 Å². The van der Waals surface area contributed by atoms with Gasteiger partial charge in [-0.15, -0.1) is 0 Å². The standard InChI is InChI=1S/C11H15N3/c1-3-8-14-10(4-2)13-9-6-5-7-12-11(9)14/h5-7H,3-4,8H2,1-2H3. The van der Waals surface area contributed by atoms with Crippen LogP contribution in [-0.2, 0) is 13.0 Å². The van der Waals surface area contributed by atoms with E-state index in [1.807, 2.05) is 18.3 Å².